The van der Waals surface area contributed by atoms with E-state index in [2.05, 4.69) is 15.1 Å². The summed E-state index contributed by atoms with van der Waals surface area (Å²) in [5.74, 6) is 0.261. The molecule has 9 nitrogen and oxygen atoms in total. The summed E-state index contributed by atoms with van der Waals surface area (Å²) < 4.78 is 30.9. The van der Waals surface area contributed by atoms with Crippen molar-refractivity contribution in [3.8, 4) is 11.5 Å². The van der Waals surface area contributed by atoms with Crippen molar-refractivity contribution in [3.63, 3.8) is 0 Å². The van der Waals surface area contributed by atoms with Crippen LogP contribution in [0.25, 0.3) is 22.7 Å². The maximum Gasteiger partial charge on any atom is 0.211 e. The second kappa shape index (κ2) is 7.73. The number of aromatic hydroxyl groups is 2. The Morgan fingerprint density at radius 1 is 1.06 bits per heavy atom. The Morgan fingerprint density at radius 3 is 2.56 bits per heavy atom. The highest BCUT2D eigenvalue weighted by Crippen LogP contribution is 2.42. The molecule has 0 unspecified atom stereocenters. The number of rotatable bonds is 4. The van der Waals surface area contributed by atoms with Gasteiger partial charge in [-0.25, -0.2) is 8.42 Å². The standard InChI is InChI=1S/C22H22N4O5S/c1-32(29,30)26-10-8-25(9-11-26)13-16-19(27)7-6-15-21(28)20(31-22(15)16)12-18-14-4-2-3-5-17(14)23-24-18/h2-7,12,27-28H,8-11,13H2,1H3. The predicted octanol–water partition coefficient (Wildman–Crippen LogP) is 3.52. The SMILES string of the molecule is CS(=O)(=O)N1CCN(Cc2c(O)ccc3c(O)c(C=C4N=Nc5ccccc54)oc23)CC1. The molecule has 5 rings (SSSR count). The number of benzene rings is 2. The van der Waals surface area contributed by atoms with Gasteiger partial charge in [-0.1, -0.05) is 18.2 Å². The molecule has 0 saturated carbocycles. The first-order valence-corrected chi connectivity index (χ1v) is 12.0. The molecule has 3 heterocycles. The van der Waals surface area contributed by atoms with Crippen molar-refractivity contribution in [3.05, 3.63) is 53.3 Å². The van der Waals surface area contributed by atoms with Gasteiger partial charge < -0.3 is 14.6 Å². The molecular weight excluding hydrogens is 432 g/mol. The molecule has 2 aliphatic rings. The Balaban J connectivity index is 1.46. The zero-order valence-corrected chi connectivity index (χ0v) is 18.2. The van der Waals surface area contributed by atoms with Gasteiger partial charge in [0.25, 0.3) is 0 Å². The summed E-state index contributed by atoms with van der Waals surface area (Å²) >= 11 is 0. The Kier molecular flexibility index (Phi) is 5.00. The second-order valence-electron chi connectivity index (χ2n) is 7.94. The highest BCUT2D eigenvalue weighted by atomic mass is 32.2. The van der Waals surface area contributed by atoms with Crippen LogP contribution in [0.1, 0.15) is 16.9 Å². The zero-order valence-electron chi connectivity index (χ0n) is 17.4. The van der Waals surface area contributed by atoms with Crippen LogP contribution < -0.4 is 0 Å². The van der Waals surface area contributed by atoms with Crippen LogP contribution in [-0.2, 0) is 16.6 Å². The number of hydrogen-bond acceptors (Lipinski definition) is 8. The van der Waals surface area contributed by atoms with E-state index in [0.29, 0.717) is 55.0 Å². The van der Waals surface area contributed by atoms with Gasteiger partial charge in [0.15, 0.2) is 11.5 Å². The third-order valence-corrected chi connectivity index (χ3v) is 7.13. The Hall–Kier alpha value is -3.21. The van der Waals surface area contributed by atoms with E-state index in [9.17, 15) is 18.6 Å². The fourth-order valence-electron chi connectivity index (χ4n) is 4.07. The largest absolute Gasteiger partial charge is 0.507 e. The molecule has 2 aromatic carbocycles. The van der Waals surface area contributed by atoms with Crippen molar-refractivity contribution >= 4 is 38.5 Å². The topological polar surface area (TPSA) is 119 Å². The van der Waals surface area contributed by atoms with E-state index in [1.807, 2.05) is 24.3 Å². The molecular formula is C22H22N4O5S. The van der Waals surface area contributed by atoms with Crippen LogP contribution >= 0.6 is 0 Å². The van der Waals surface area contributed by atoms with E-state index in [1.165, 1.54) is 16.6 Å². The molecule has 3 aromatic rings. The number of sulfonamides is 1. The fraction of sp³-hybridized carbons (Fsp3) is 0.273. The highest BCUT2D eigenvalue weighted by Gasteiger charge is 2.26. The third-order valence-electron chi connectivity index (χ3n) is 5.83. The summed E-state index contributed by atoms with van der Waals surface area (Å²) in [7, 11) is -3.22. The number of nitrogens with zero attached hydrogens (tertiary/aromatic N) is 4. The lowest BCUT2D eigenvalue weighted by Crippen LogP contribution is -2.47. The summed E-state index contributed by atoms with van der Waals surface area (Å²) in [5.41, 5.74) is 3.12. The molecule has 2 aliphatic heterocycles. The minimum atomic E-state index is -3.22. The zero-order chi connectivity index (χ0) is 22.5. The van der Waals surface area contributed by atoms with Crippen LogP contribution in [0.4, 0.5) is 5.69 Å². The summed E-state index contributed by atoms with van der Waals surface area (Å²) in [6.07, 6.45) is 2.84. The summed E-state index contributed by atoms with van der Waals surface area (Å²) in [6.45, 7) is 2.21. The molecule has 32 heavy (non-hydrogen) atoms. The van der Waals surface area contributed by atoms with E-state index in [-0.39, 0.29) is 17.3 Å². The molecule has 0 amide bonds. The number of phenolic OH excluding ortho intramolecular Hbond substituents is 1. The summed E-state index contributed by atoms with van der Waals surface area (Å²) in [6, 6.07) is 10.7. The van der Waals surface area contributed by atoms with E-state index in [0.717, 1.165) is 11.3 Å². The molecule has 1 saturated heterocycles. The number of hydrogen-bond donors (Lipinski definition) is 2. The average molecular weight is 455 g/mol. The van der Waals surface area contributed by atoms with Crippen LogP contribution in [0.2, 0.25) is 0 Å². The first-order valence-electron chi connectivity index (χ1n) is 10.2. The average Bonchev–Trinajstić information content (AvgIpc) is 3.32. The first-order chi connectivity index (χ1) is 15.3. The minimum Gasteiger partial charge on any atom is -0.507 e. The van der Waals surface area contributed by atoms with Gasteiger partial charge in [-0.3, -0.25) is 4.90 Å². The van der Waals surface area contributed by atoms with Crippen LogP contribution in [-0.4, -0.2) is 60.3 Å². The van der Waals surface area contributed by atoms with Crippen LogP contribution in [0.15, 0.2) is 51.0 Å². The number of furan rings is 1. The maximum atomic E-state index is 11.7. The van der Waals surface area contributed by atoms with Gasteiger partial charge in [0.2, 0.25) is 10.0 Å². The van der Waals surface area contributed by atoms with Crippen LogP contribution in [0.5, 0.6) is 11.5 Å². The molecule has 0 radical (unpaired) electrons. The second-order valence-corrected chi connectivity index (χ2v) is 9.92. The van der Waals surface area contributed by atoms with Gasteiger partial charge in [-0.2, -0.15) is 4.31 Å². The van der Waals surface area contributed by atoms with Crippen molar-refractivity contribution in [2.75, 3.05) is 32.4 Å². The Bertz CT molecular complexity index is 1370. The lowest BCUT2D eigenvalue weighted by atomic mass is 10.1. The molecule has 0 atom stereocenters. The van der Waals surface area contributed by atoms with Crippen molar-refractivity contribution in [2.45, 2.75) is 6.54 Å². The van der Waals surface area contributed by atoms with Gasteiger partial charge in [0.1, 0.15) is 11.3 Å². The maximum absolute atomic E-state index is 11.7. The Morgan fingerprint density at radius 2 is 1.81 bits per heavy atom. The van der Waals surface area contributed by atoms with Crippen molar-refractivity contribution < 1.29 is 23.0 Å². The van der Waals surface area contributed by atoms with E-state index < -0.39 is 10.0 Å². The van der Waals surface area contributed by atoms with Gasteiger partial charge >= 0.3 is 0 Å². The van der Waals surface area contributed by atoms with Crippen LogP contribution in [0, 0.1) is 0 Å². The quantitative estimate of drug-likeness (QED) is 0.623. The van der Waals surface area contributed by atoms with Crippen LogP contribution in [0.3, 0.4) is 0 Å². The van der Waals surface area contributed by atoms with Crippen molar-refractivity contribution in [1.29, 1.82) is 0 Å². The smallest absolute Gasteiger partial charge is 0.211 e. The molecule has 1 fully saturated rings. The molecule has 0 bridgehead atoms. The monoisotopic (exact) mass is 454 g/mol. The van der Waals surface area contributed by atoms with Gasteiger partial charge in [-0.15, -0.1) is 10.2 Å². The normalized spacial score (nSPS) is 18.6. The fourth-order valence-corrected chi connectivity index (χ4v) is 4.90. The first kappa shape index (κ1) is 20.7. The number of azo groups is 1. The van der Waals surface area contributed by atoms with Crippen molar-refractivity contribution in [2.24, 2.45) is 10.2 Å². The van der Waals surface area contributed by atoms with Gasteiger partial charge in [0.05, 0.1) is 28.6 Å². The lowest BCUT2D eigenvalue weighted by molar-refractivity contribution is 0.181. The molecule has 10 heteroatoms. The van der Waals surface area contributed by atoms with Gasteiger partial charge in [0, 0.05) is 44.4 Å². The summed E-state index contributed by atoms with van der Waals surface area (Å²) in [4.78, 5) is 2.05. The number of phenols is 1. The Labute approximate surface area is 184 Å². The predicted molar refractivity (Wildman–Crippen MR) is 120 cm³/mol. The highest BCUT2D eigenvalue weighted by molar-refractivity contribution is 7.88. The molecule has 0 aliphatic carbocycles. The van der Waals surface area contributed by atoms with Gasteiger partial charge in [-0.05, 0) is 18.2 Å². The van der Waals surface area contributed by atoms with E-state index in [1.54, 1.807) is 12.1 Å². The van der Waals surface area contributed by atoms with Crippen molar-refractivity contribution in [1.82, 2.24) is 9.21 Å². The molecule has 2 N–H and O–H groups in total. The minimum absolute atomic E-state index is 0.0322. The third kappa shape index (κ3) is 3.66. The lowest BCUT2D eigenvalue weighted by Gasteiger charge is -2.33. The van der Waals surface area contributed by atoms with E-state index in [4.69, 9.17) is 4.42 Å². The number of piperazine rings is 1. The van der Waals surface area contributed by atoms with E-state index >= 15 is 0 Å². The summed E-state index contributed by atoms with van der Waals surface area (Å²) in [5, 5.41) is 30.1. The number of fused-ring (bicyclic) bond motifs is 2. The molecule has 1 aromatic heterocycles. The molecule has 0 spiro atoms. The molecule has 166 valence electrons.